The van der Waals surface area contributed by atoms with Crippen molar-refractivity contribution in [1.82, 2.24) is 0 Å². The molecule has 1 N–H and O–H groups in total. The number of nitrogens with one attached hydrogen (secondary N) is 1. The predicted octanol–water partition coefficient (Wildman–Crippen LogP) is 4.94. The summed E-state index contributed by atoms with van der Waals surface area (Å²) in [5.74, 6) is 1.72. The number of hydrogen-bond acceptors (Lipinski definition) is 4. The lowest BCUT2D eigenvalue weighted by molar-refractivity contribution is -0.384. The van der Waals surface area contributed by atoms with Gasteiger partial charge in [0.2, 0.25) is 0 Å². The Bertz CT molecular complexity index is 694. The Morgan fingerprint density at radius 2 is 1.95 bits per heavy atom. The monoisotopic (exact) mass is 308 g/mol. The van der Waals surface area contributed by atoms with Gasteiger partial charge >= 0.3 is 0 Å². The molecule has 1 aromatic carbocycles. The maximum atomic E-state index is 10.9. The number of nitro groups is 1. The van der Waals surface area contributed by atoms with Gasteiger partial charge in [-0.05, 0) is 45.4 Å². The minimum absolute atomic E-state index is 0.0127. The molecule has 1 atom stereocenters. The third-order valence-corrected chi connectivity index (χ3v) is 3.71. The molecular formula is C15H17ClN2O3. The van der Waals surface area contributed by atoms with E-state index in [2.05, 4.69) is 5.32 Å². The second-order valence-electron chi connectivity index (χ2n) is 5.11. The molecule has 0 radical (unpaired) electrons. The van der Waals surface area contributed by atoms with Crippen molar-refractivity contribution >= 4 is 23.0 Å². The van der Waals surface area contributed by atoms with Gasteiger partial charge in [-0.1, -0.05) is 11.6 Å². The van der Waals surface area contributed by atoms with E-state index < -0.39 is 4.92 Å². The molecule has 1 unspecified atom stereocenters. The summed E-state index contributed by atoms with van der Waals surface area (Å²) < 4.78 is 5.52. The number of hydrogen-bond donors (Lipinski definition) is 1. The van der Waals surface area contributed by atoms with E-state index in [9.17, 15) is 10.1 Å². The Hall–Kier alpha value is -2.01. The van der Waals surface area contributed by atoms with E-state index in [4.69, 9.17) is 16.0 Å². The van der Waals surface area contributed by atoms with Gasteiger partial charge in [0.15, 0.2) is 0 Å². The van der Waals surface area contributed by atoms with Gasteiger partial charge in [-0.15, -0.1) is 0 Å². The summed E-state index contributed by atoms with van der Waals surface area (Å²) in [4.78, 5) is 10.4. The molecule has 0 bridgehead atoms. The van der Waals surface area contributed by atoms with Gasteiger partial charge in [0.05, 0.1) is 11.0 Å². The number of nitro benzene ring substituents is 1. The third-order valence-electron chi connectivity index (χ3n) is 3.41. The molecule has 0 aliphatic rings. The topological polar surface area (TPSA) is 68.3 Å². The van der Waals surface area contributed by atoms with Crippen molar-refractivity contribution < 1.29 is 9.34 Å². The standard InChI is InChI=1S/C15H17ClN2O3/c1-8-5-15(18(19)20)13(16)7-14(8)17-10(3)12-6-9(2)21-11(12)4/h5-7,10,17H,1-4H3. The van der Waals surface area contributed by atoms with E-state index in [0.717, 1.165) is 28.3 Å². The van der Waals surface area contributed by atoms with Crippen molar-refractivity contribution in [2.75, 3.05) is 5.32 Å². The number of furan rings is 1. The second-order valence-corrected chi connectivity index (χ2v) is 5.52. The van der Waals surface area contributed by atoms with Crippen LogP contribution in [0.25, 0.3) is 0 Å². The van der Waals surface area contributed by atoms with Crippen molar-refractivity contribution in [2.24, 2.45) is 0 Å². The summed E-state index contributed by atoms with van der Waals surface area (Å²) in [5, 5.41) is 14.3. The molecule has 6 heteroatoms. The highest BCUT2D eigenvalue weighted by atomic mass is 35.5. The van der Waals surface area contributed by atoms with Crippen LogP contribution >= 0.6 is 11.6 Å². The van der Waals surface area contributed by atoms with Gasteiger partial charge in [0, 0.05) is 17.3 Å². The molecule has 2 aromatic rings. The molecule has 1 heterocycles. The van der Waals surface area contributed by atoms with Crippen LogP contribution < -0.4 is 5.32 Å². The first-order valence-electron chi connectivity index (χ1n) is 6.57. The lowest BCUT2D eigenvalue weighted by Crippen LogP contribution is -2.08. The lowest BCUT2D eigenvalue weighted by Gasteiger charge is -2.17. The molecular weight excluding hydrogens is 292 g/mol. The molecule has 0 spiro atoms. The normalized spacial score (nSPS) is 12.2. The van der Waals surface area contributed by atoms with Gasteiger partial charge in [0.1, 0.15) is 16.5 Å². The zero-order valence-corrected chi connectivity index (χ0v) is 13.1. The Morgan fingerprint density at radius 1 is 1.29 bits per heavy atom. The zero-order valence-electron chi connectivity index (χ0n) is 12.4. The molecule has 1 aromatic heterocycles. The van der Waals surface area contributed by atoms with E-state index in [1.807, 2.05) is 33.8 Å². The first kappa shape index (κ1) is 15.4. The molecule has 21 heavy (non-hydrogen) atoms. The SMILES string of the molecule is Cc1cc(C(C)Nc2cc(Cl)c([N+](=O)[O-])cc2C)c(C)o1. The van der Waals surface area contributed by atoms with E-state index >= 15 is 0 Å². The van der Waals surface area contributed by atoms with Crippen molar-refractivity contribution in [1.29, 1.82) is 0 Å². The smallest absolute Gasteiger partial charge is 0.288 e. The van der Waals surface area contributed by atoms with E-state index in [-0.39, 0.29) is 16.8 Å². The number of halogens is 1. The van der Waals surface area contributed by atoms with Crippen LogP contribution in [0.1, 0.15) is 35.6 Å². The largest absolute Gasteiger partial charge is 0.466 e. The zero-order chi connectivity index (χ0) is 15.7. The molecule has 112 valence electrons. The average Bonchev–Trinajstić information content (AvgIpc) is 2.72. The fraction of sp³-hybridized carbons (Fsp3) is 0.333. The highest BCUT2D eigenvalue weighted by Gasteiger charge is 2.18. The molecule has 0 amide bonds. The minimum Gasteiger partial charge on any atom is -0.466 e. The Morgan fingerprint density at radius 3 is 2.48 bits per heavy atom. The van der Waals surface area contributed by atoms with Crippen LogP contribution in [0.4, 0.5) is 11.4 Å². The van der Waals surface area contributed by atoms with Gasteiger partial charge in [-0.3, -0.25) is 10.1 Å². The molecule has 0 saturated heterocycles. The molecule has 2 rings (SSSR count). The third kappa shape index (κ3) is 3.19. The van der Waals surface area contributed by atoms with E-state index in [1.54, 1.807) is 6.07 Å². The quantitative estimate of drug-likeness (QED) is 0.641. The van der Waals surface area contributed by atoms with Crippen LogP contribution in [0.15, 0.2) is 22.6 Å². The minimum atomic E-state index is -0.480. The molecule has 0 aliphatic carbocycles. The van der Waals surface area contributed by atoms with Gasteiger partial charge in [0.25, 0.3) is 5.69 Å². The number of nitrogens with zero attached hydrogens (tertiary/aromatic N) is 1. The number of anilines is 1. The number of rotatable bonds is 4. The van der Waals surface area contributed by atoms with Gasteiger partial charge < -0.3 is 9.73 Å². The van der Waals surface area contributed by atoms with E-state index in [0.29, 0.717) is 0 Å². The van der Waals surface area contributed by atoms with Crippen molar-refractivity contribution in [3.05, 3.63) is 56.0 Å². The Balaban J connectivity index is 2.29. The molecule has 5 nitrogen and oxygen atoms in total. The first-order chi connectivity index (χ1) is 9.79. The Labute approximate surface area is 128 Å². The summed E-state index contributed by atoms with van der Waals surface area (Å²) in [7, 11) is 0. The van der Waals surface area contributed by atoms with Gasteiger partial charge in [-0.2, -0.15) is 0 Å². The summed E-state index contributed by atoms with van der Waals surface area (Å²) >= 11 is 5.96. The summed E-state index contributed by atoms with van der Waals surface area (Å²) in [6.07, 6.45) is 0. The maximum absolute atomic E-state index is 10.9. The fourth-order valence-electron chi connectivity index (χ4n) is 2.35. The van der Waals surface area contributed by atoms with E-state index in [1.165, 1.54) is 6.07 Å². The highest BCUT2D eigenvalue weighted by Crippen LogP contribution is 2.33. The highest BCUT2D eigenvalue weighted by molar-refractivity contribution is 6.33. The Kier molecular flexibility index (Phi) is 4.23. The summed E-state index contributed by atoms with van der Waals surface area (Å²) in [6.45, 7) is 7.63. The van der Waals surface area contributed by atoms with Crippen molar-refractivity contribution in [2.45, 2.75) is 33.7 Å². The average molecular weight is 309 g/mol. The second kappa shape index (κ2) is 5.77. The van der Waals surface area contributed by atoms with Crippen LogP contribution in [-0.4, -0.2) is 4.92 Å². The summed E-state index contributed by atoms with van der Waals surface area (Å²) in [6, 6.07) is 5.06. The maximum Gasteiger partial charge on any atom is 0.288 e. The first-order valence-corrected chi connectivity index (χ1v) is 6.95. The lowest BCUT2D eigenvalue weighted by atomic mass is 10.1. The van der Waals surface area contributed by atoms with Crippen LogP contribution in [0.3, 0.4) is 0 Å². The van der Waals surface area contributed by atoms with Gasteiger partial charge in [-0.25, -0.2) is 0 Å². The van der Waals surface area contributed by atoms with Crippen molar-refractivity contribution in [3.63, 3.8) is 0 Å². The fourth-order valence-corrected chi connectivity index (χ4v) is 2.59. The molecule has 0 saturated carbocycles. The van der Waals surface area contributed by atoms with Crippen LogP contribution in [-0.2, 0) is 0 Å². The predicted molar refractivity (Wildman–Crippen MR) is 83.1 cm³/mol. The van der Waals surface area contributed by atoms with Crippen LogP contribution in [0.2, 0.25) is 5.02 Å². The van der Waals surface area contributed by atoms with Crippen molar-refractivity contribution in [3.8, 4) is 0 Å². The number of benzene rings is 1. The summed E-state index contributed by atoms with van der Waals surface area (Å²) in [5.41, 5.74) is 2.52. The van der Waals surface area contributed by atoms with Crippen LogP contribution in [0.5, 0.6) is 0 Å². The van der Waals surface area contributed by atoms with Crippen LogP contribution in [0, 0.1) is 30.9 Å². The molecule has 0 fully saturated rings. The number of aryl methyl sites for hydroxylation is 3. The molecule has 0 aliphatic heterocycles.